The van der Waals surface area contributed by atoms with E-state index in [1.807, 2.05) is 0 Å². The summed E-state index contributed by atoms with van der Waals surface area (Å²) in [5, 5.41) is 0. The Bertz CT molecular complexity index is 1190. The molecule has 2 aliphatic heterocycles. The highest BCUT2D eigenvalue weighted by Gasteiger charge is 2.56. The highest BCUT2D eigenvalue weighted by Crippen LogP contribution is 2.37. The number of halogens is 4. The molecule has 10 heteroatoms. The van der Waals surface area contributed by atoms with E-state index in [9.17, 15) is 31.9 Å². The van der Waals surface area contributed by atoms with E-state index < -0.39 is 41.5 Å². The molecule has 176 valence electrons. The first-order chi connectivity index (χ1) is 16.1. The number of hydrogen-bond donors (Lipinski definition) is 0. The summed E-state index contributed by atoms with van der Waals surface area (Å²) < 4.78 is 53.5. The van der Waals surface area contributed by atoms with Crippen molar-refractivity contribution in [3.8, 4) is 12.3 Å². The minimum absolute atomic E-state index is 0.109. The van der Waals surface area contributed by atoms with Crippen LogP contribution in [0.2, 0.25) is 0 Å². The van der Waals surface area contributed by atoms with Gasteiger partial charge in [0.05, 0.1) is 17.8 Å². The number of likely N-dealkylation sites (tertiary alicyclic amines) is 1. The minimum Gasteiger partial charge on any atom is -0.342 e. The third kappa shape index (κ3) is 3.98. The Morgan fingerprint density at radius 1 is 1.12 bits per heavy atom. The fraction of sp³-hybridized carbons (Fsp3) is 0.292. The van der Waals surface area contributed by atoms with Gasteiger partial charge in [-0.15, -0.1) is 6.42 Å². The SMILES string of the molecule is C#Cc1ccc(N2CC(=O)N(Cc3ccc(C(F)(F)F)cc3)C3(CCN(C=O)C3)C2=O)c(F)c1. The van der Waals surface area contributed by atoms with Crippen molar-refractivity contribution in [1.82, 2.24) is 9.80 Å². The molecule has 0 radical (unpaired) electrons. The Morgan fingerprint density at radius 3 is 2.38 bits per heavy atom. The first-order valence-corrected chi connectivity index (χ1v) is 10.3. The number of benzene rings is 2. The number of amides is 3. The highest BCUT2D eigenvalue weighted by molar-refractivity contribution is 6.09. The zero-order chi connectivity index (χ0) is 24.7. The van der Waals surface area contributed by atoms with Gasteiger partial charge in [0, 0.05) is 18.7 Å². The molecule has 2 heterocycles. The number of rotatable bonds is 4. The molecule has 0 aliphatic carbocycles. The standard InChI is InChI=1S/C24H19F4N3O3/c1-2-16-5-8-20(19(25)11-16)30-13-21(33)31(23(22(30)34)9-10-29(14-23)15-32)12-17-3-6-18(7-4-17)24(26,27)28/h1,3-8,11,15H,9-10,12-14H2. The van der Waals surface area contributed by atoms with Gasteiger partial charge in [-0.2, -0.15) is 13.2 Å². The summed E-state index contributed by atoms with van der Waals surface area (Å²) in [5.74, 6) is 0.429. The number of carbonyl (C=O) groups is 3. The van der Waals surface area contributed by atoms with Crippen LogP contribution in [0.25, 0.3) is 0 Å². The molecule has 2 fully saturated rings. The van der Waals surface area contributed by atoms with Gasteiger partial charge in [0.15, 0.2) is 0 Å². The predicted molar refractivity (Wildman–Crippen MR) is 114 cm³/mol. The van der Waals surface area contributed by atoms with Crippen molar-refractivity contribution >= 4 is 23.9 Å². The maximum atomic E-state index is 14.7. The van der Waals surface area contributed by atoms with Crippen LogP contribution in [0.1, 0.15) is 23.1 Å². The molecule has 2 aromatic rings. The average Bonchev–Trinajstić information content (AvgIpc) is 3.24. The summed E-state index contributed by atoms with van der Waals surface area (Å²) in [6.45, 7) is -0.517. The molecule has 2 aromatic carbocycles. The van der Waals surface area contributed by atoms with Crippen molar-refractivity contribution < 1.29 is 31.9 Å². The summed E-state index contributed by atoms with van der Waals surface area (Å²) in [6, 6.07) is 8.14. The second kappa shape index (κ2) is 8.48. The lowest BCUT2D eigenvalue weighted by atomic mass is 9.89. The van der Waals surface area contributed by atoms with Gasteiger partial charge in [-0.05, 0) is 42.3 Å². The van der Waals surface area contributed by atoms with Crippen LogP contribution in [0.15, 0.2) is 42.5 Å². The Hall–Kier alpha value is -3.87. The largest absolute Gasteiger partial charge is 0.416 e. The first kappa shape index (κ1) is 23.3. The van der Waals surface area contributed by atoms with Crippen molar-refractivity contribution in [2.75, 3.05) is 24.5 Å². The van der Waals surface area contributed by atoms with Crippen LogP contribution in [0, 0.1) is 18.2 Å². The van der Waals surface area contributed by atoms with E-state index in [0.29, 0.717) is 12.0 Å². The van der Waals surface area contributed by atoms with Crippen molar-refractivity contribution in [1.29, 1.82) is 0 Å². The van der Waals surface area contributed by atoms with Gasteiger partial charge in [-0.1, -0.05) is 18.1 Å². The van der Waals surface area contributed by atoms with Crippen LogP contribution in [0.4, 0.5) is 23.2 Å². The van der Waals surface area contributed by atoms with Gasteiger partial charge < -0.3 is 9.80 Å². The third-order valence-electron chi connectivity index (χ3n) is 6.21. The number of piperazine rings is 1. The Balaban J connectivity index is 1.70. The molecule has 0 bridgehead atoms. The molecule has 3 amide bonds. The van der Waals surface area contributed by atoms with Crippen LogP contribution in [-0.2, 0) is 27.1 Å². The van der Waals surface area contributed by atoms with E-state index >= 15 is 0 Å². The van der Waals surface area contributed by atoms with Crippen molar-refractivity contribution in [3.63, 3.8) is 0 Å². The van der Waals surface area contributed by atoms with Gasteiger partial charge >= 0.3 is 6.18 Å². The van der Waals surface area contributed by atoms with E-state index in [1.54, 1.807) is 0 Å². The van der Waals surface area contributed by atoms with Crippen LogP contribution in [0.3, 0.4) is 0 Å². The van der Waals surface area contributed by atoms with Crippen LogP contribution in [-0.4, -0.2) is 53.2 Å². The van der Waals surface area contributed by atoms with Crippen LogP contribution < -0.4 is 4.90 Å². The molecule has 1 atom stereocenters. The molecule has 0 saturated carbocycles. The van der Waals surface area contributed by atoms with E-state index in [2.05, 4.69) is 5.92 Å². The Labute approximate surface area is 192 Å². The lowest BCUT2D eigenvalue weighted by Crippen LogP contribution is -2.69. The van der Waals surface area contributed by atoms with Gasteiger partial charge in [-0.25, -0.2) is 4.39 Å². The lowest BCUT2D eigenvalue weighted by molar-refractivity contribution is -0.151. The molecule has 0 N–H and O–H groups in total. The summed E-state index contributed by atoms with van der Waals surface area (Å²) >= 11 is 0. The monoisotopic (exact) mass is 473 g/mol. The lowest BCUT2D eigenvalue weighted by Gasteiger charge is -2.47. The maximum Gasteiger partial charge on any atom is 0.416 e. The Morgan fingerprint density at radius 2 is 1.82 bits per heavy atom. The minimum atomic E-state index is -4.51. The number of hydrogen-bond acceptors (Lipinski definition) is 3. The number of terminal acetylenes is 1. The normalized spacial score (nSPS) is 20.7. The number of anilines is 1. The topological polar surface area (TPSA) is 60.9 Å². The van der Waals surface area contributed by atoms with E-state index in [4.69, 9.17) is 6.42 Å². The van der Waals surface area contributed by atoms with E-state index in [1.165, 1.54) is 34.1 Å². The molecule has 0 aromatic heterocycles. The molecule has 2 saturated heterocycles. The molecule has 2 aliphatic rings. The molecule has 4 rings (SSSR count). The van der Waals surface area contributed by atoms with Gasteiger partial charge in [0.2, 0.25) is 12.3 Å². The zero-order valence-corrected chi connectivity index (χ0v) is 17.8. The fourth-order valence-corrected chi connectivity index (χ4v) is 4.44. The average molecular weight is 473 g/mol. The molecule has 1 spiro atoms. The smallest absolute Gasteiger partial charge is 0.342 e. The van der Waals surface area contributed by atoms with Crippen molar-refractivity contribution in [2.45, 2.75) is 24.7 Å². The summed E-state index contributed by atoms with van der Waals surface area (Å²) in [5.41, 5.74) is -1.77. The molecular formula is C24H19F4N3O3. The molecule has 1 unspecified atom stereocenters. The maximum absolute atomic E-state index is 14.7. The number of nitrogens with zero attached hydrogens (tertiary/aromatic N) is 3. The fourth-order valence-electron chi connectivity index (χ4n) is 4.44. The van der Waals surface area contributed by atoms with Crippen molar-refractivity contribution in [2.24, 2.45) is 0 Å². The molecule has 34 heavy (non-hydrogen) atoms. The summed E-state index contributed by atoms with van der Waals surface area (Å²) in [4.78, 5) is 42.0. The zero-order valence-electron chi connectivity index (χ0n) is 17.8. The summed E-state index contributed by atoms with van der Waals surface area (Å²) in [7, 11) is 0. The molecular weight excluding hydrogens is 454 g/mol. The van der Waals surface area contributed by atoms with Crippen LogP contribution >= 0.6 is 0 Å². The second-order valence-corrected chi connectivity index (χ2v) is 8.23. The number of alkyl halides is 3. The quantitative estimate of drug-likeness (QED) is 0.390. The molecule has 6 nitrogen and oxygen atoms in total. The van der Waals surface area contributed by atoms with Crippen molar-refractivity contribution in [3.05, 3.63) is 65.0 Å². The highest BCUT2D eigenvalue weighted by atomic mass is 19.4. The summed E-state index contributed by atoms with van der Waals surface area (Å²) in [6.07, 6.45) is 1.45. The second-order valence-electron chi connectivity index (χ2n) is 8.23. The van der Waals surface area contributed by atoms with E-state index in [-0.39, 0.29) is 37.3 Å². The van der Waals surface area contributed by atoms with E-state index in [0.717, 1.165) is 23.1 Å². The number of carbonyl (C=O) groups excluding carboxylic acids is 3. The predicted octanol–water partition coefficient (Wildman–Crippen LogP) is 2.80. The third-order valence-corrected chi connectivity index (χ3v) is 6.21. The first-order valence-electron chi connectivity index (χ1n) is 10.3. The van der Waals surface area contributed by atoms with Gasteiger partial charge in [0.1, 0.15) is 17.9 Å². The van der Waals surface area contributed by atoms with Gasteiger partial charge in [-0.3, -0.25) is 19.3 Å². The van der Waals surface area contributed by atoms with Crippen LogP contribution in [0.5, 0.6) is 0 Å². The Kier molecular flexibility index (Phi) is 5.81. The van der Waals surface area contributed by atoms with Gasteiger partial charge in [0.25, 0.3) is 5.91 Å².